The molecule has 0 amide bonds. The van der Waals surface area contributed by atoms with E-state index in [9.17, 15) is 18.0 Å². The van der Waals surface area contributed by atoms with Gasteiger partial charge in [0.2, 0.25) is 0 Å². The van der Waals surface area contributed by atoms with Crippen molar-refractivity contribution in [2.75, 3.05) is 11.9 Å². The molecule has 0 saturated carbocycles. The minimum absolute atomic E-state index is 0.109. The van der Waals surface area contributed by atoms with Crippen molar-refractivity contribution in [3.63, 3.8) is 0 Å². The van der Waals surface area contributed by atoms with Gasteiger partial charge >= 0.3 is 6.18 Å². The van der Waals surface area contributed by atoms with Crippen molar-refractivity contribution in [1.29, 1.82) is 0 Å². The molecule has 0 aliphatic heterocycles. The summed E-state index contributed by atoms with van der Waals surface area (Å²) in [6.07, 6.45) is 2.45. The molecule has 2 aromatic carbocycles. The fourth-order valence-corrected chi connectivity index (χ4v) is 4.10. The maximum Gasteiger partial charge on any atom is 0.418 e. The van der Waals surface area contributed by atoms with E-state index >= 15 is 0 Å². The Bertz CT molecular complexity index is 1650. The van der Waals surface area contributed by atoms with Crippen molar-refractivity contribution >= 4 is 5.69 Å². The molecule has 0 unspecified atom stereocenters. The zero-order chi connectivity index (χ0) is 26.9. The monoisotopic (exact) mass is 518 g/mol. The van der Waals surface area contributed by atoms with E-state index in [1.54, 1.807) is 19.2 Å². The summed E-state index contributed by atoms with van der Waals surface area (Å²) in [7, 11) is 0. The van der Waals surface area contributed by atoms with Gasteiger partial charge in [0, 0.05) is 35.6 Å². The number of aryl methyl sites for hydroxylation is 1. The number of nitrogens with zero attached hydrogens (tertiary/aromatic N) is 5. The second-order valence-electron chi connectivity index (χ2n) is 8.46. The highest BCUT2D eigenvalue weighted by atomic mass is 19.4. The molecule has 3 heterocycles. The highest BCUT2D eigenvalue weighted by molar-refractivity contribution is 5.72. The van der Waals surface area contributed by atoms with Crippen LogP contribution in [0.25, 0.3) is 39.5 Å². The van der Waals surface area contributed by atoms with Crippen LogP contribution in [0.15, 0.2) is 82.9 Å². The maximum atomic E-state index is 14.1. The minimum atomic E-state index is -4.74. The summed E-state index contributed by atoms with van der Waals surface area (Å²) >= 11 is 0. The van der Waals surface area contributed by atoms with Gasteiger partial charge in [-0.05, 0) is 55.8 Å². The summed E-state index contributed by atoms with van der Waals surface area (Å²) in [5.41, 5.74) is 1.12. The van der Waals surface area contributed by atoms with Gasteiger partial charge in [0.15, 0.2) is 12.2 Å². The van der Waals surface area contributed by atoms with Gasteiger partial charge in [-0.1, -0.05) is 6.07 Å². The Morgan fingerprint density at radius 1 is 0.947 bits per heavy atom. The van der Waals surface area contributed by atoms with Crippen molar-refractivity contribution < 1.29 is 17.6 Å². The van der Waals surface area contributed by atoms with Crippen LogP contribution in [-0.2, 0) is 6.18 Å². The van der Waals surface area contributed by atoms with Gasteiger partial charge in [-0.25, -0.2) is 4.98 Å². The Balaban J connectivity index is 1.76. The second-order valence-corrected chi connectivity index (χ2v) is 8.46. The van der Waals surface area contributed by atoms with Gasteiger partial charge in [-0.3, -0.25) is 14.8 Å². The molecular formula is C27H21F3N6O2. The van der Waals surface area contributed by atoms with E-state index in [1.165, 1.54) is 43.2 Å². The molecule has 1 N–H and O–H groups in total. The third-order valence-electron chi connectivity index (χ3n) is 5.76. The number of oxazole rings is 1. The number of hydrogen-bond donors (Lipinski definition) is 1. The van der Waals surface area contributed by atoms with Crippen LogP contribution in [0.2, 0.25) is 0 Å². The SMILES string of the molecule is CCNc1cc(-c2cc(C)cc(-c3cnco3)c2)nn(-c2cc(-c3cnccn3)ccc2C(F)(F)F)c1=O. The molecule has 0 bridgehead atoms. The Hall–Kier alpha value is -4.80. The molecule has 8 nitrogen and oxygen atoms in total. The van der Waals surface area contributed by atoms with Crippen molar-refractivity contribution in [3.8, 4) is 39.5 Å². The van der Waals surface area contributed by atoms with Crippen molar-refractivity contribution in [1.82, 2.24) is 24.7 Å². The third-order valence-corrected chi connectivity index (χ3v) is 5.76. The van der Waals surface area contributed by atoms with E-state index in [1.807, 2.05) is 19.1 Å². The summed E-state index contributed by atoms with van der Waals surface area (Å²) in [5.74, 6) is 0.520. The summed E-state index contributed by atoms with van der Waals surface area (Å²) in [6.45, 7) is 4.03. The van der Waals surface area contributed by atoms with Crippen LogP contribution in [0.5, 0.6) is 0 Å². The fourth-order valence-electron chi connectivity index (χ4n) is 4.10. The standard InChI is InChI=1S/C27H21F3N6O2/c1-3-33-22-12-21(18-8-16(2)9-19(10-18)25-14-32-15-38-25)35-36(26(22)37)24-11-17(23-13-31-6-7-34-23)4-5-20(24)27(28,29)30/h4-15,33H,3H2,1-2H3. The van der Waals surface area contributed by atoms with E-state index in [0.29, 0.717) is 40.4 Å². The molecule has 3 aromatic heterocycles. The van der Waals surface area contributed by atoms with Crippen molar-refractivity contribution in [3.05, 3.63) is 95.1 Å². The molecule has 192 valence electrons. The molecular weight excluding hydrogens is 497 g/mol. The Labute approximate surface area is 214 Å². The lowest BCUT2D eigenvalue weighted by atomic mass is 10.0. The third kappa shape index (κ3) is 4.90. The Morgan fingerprint density at radius 3 is 2.45 bits per heavy atom. The number of halogens is 3. The average Bonchev–Trinajstić information content (AvgIpc) is 3.45. The molecule has 38 heavy (non-hydrogen) atoms. The lowest BCUT2D eigenvalue weighted by molar-refractivity contribution is -0.137. The zero-order valence-corrected chi connectivity index (χ0v) is 20.3. The fraction of sp³-hybridized carbons (Fsp3) is 0.148. The first-order valence-corrected chi connectivity index (χ1v) is 11.6. The zero-order valence-electron chi connectivity index (χ0n) is 20.3. The second kappa shape index (κ2) is 9.92. The van der Waals surface area contributed by atoms with Gasteiger partial charge in [-0.2, -0.15) is 23.0 Å². The largest absolute Gasteiger partial charge is 0.444 e. The predicted octanol–water partition coefficient (Wildman–Crippen LogP) is 5.77. The van der Waals surface area contributed by atoms with E-state index in [4.69, 9.17) is 4.42 Å². The number of hydrogen-bond acceptors (Lipinski definition) is 7. The molecule has 11 heteroatoms. The number of anilines is 1. The average molecular weight is 518 g/mol. The summed E-state index contributed by atoms with van der Waals surface area (Å²) in [6, 6.07) is 10.5. The minimum Gasteiger partial charge on any atom is -0.444 e. The van der Waals surface area contributed by atoms with Gasteiger partial charge in [-0.15, -0.1) is 0 Å². The molecule has 5 rings (SSSR count). The number of rotatable bonds is 6. The normalized spacial score (nSPS) is 11.5. The first kappa shape index (κ1) is 24.9. The predicted molar refractivity (Wildman–Crippen MR) is 136 cm³/mol. The summed E-state index contributed by atoms with van der Waals surface area (Å²) in [4.78, 5) is 25.5. The first-order valence-electron chi connectivity index (χ1n) is 11.6. The van der Waals surface area contributed by atoms with Crippen LogP contribution in [-0.4, -0.2) is 31.3 Å². The lowest BCUT2D eigenvalue weighted by Crippen LogP contribution is -2.27. The van der Waals surface area contributed by atoms with Crippen LogP contribution >= 0.6 is 0 Å². The van der Waals surface area contributed by atoms with Crippen LogP contribution < -0.4 is 10.9 Å². The highest BCUT2D eigenvalue weighted by Gasteiger charge is 2.35. The Kier molecular flexibility index (Phi) is 6.50. The Morgan fingerprint density at radius 2 is 1.76 bits per heavy atom. The first-order chi connectivity index (χ1) is 18.2. The quantitative estimate of drug-likeness (QED) is 0.305. The van der Waals surface area contributed by atoms with E-state index in [-0.39, 0.29) is 5.69 Å². The molecule has 0 aliphatic rings. The van der Waals surface area contributed by atoms with Gasteiger partial charge < -0.3 is 9.73 Å². The molecule has 0 atom stereocenters. The van der Waals surface area contributed by atoms with Crippen LogP contribution in [0.1, 0.15) is 18.1 Å². The topological polar surface area (TPSA) is 98.7 Å². The molecule has 0 spiro atoms. The molecule has 0 fully saturated rings. The van der Waals surface area contributed by atoms with Crippen molar-refractivity contribution in [2.45, 2.75) is 20.0 Å². The summed E-state index contributed by atoms with van der Waals surface area (Å²) < 4.78 is 48.6. The number of aromatic nitrogens is 5. The van der Waals surface area contributed by atoms with E-state index in [2.05, 4.69) is 25.4 Å². The smallest absolute Gasteiger partial charge is 0.418 e. The van der Waals surface area contributed by atoms with Crippen LogP contribution in [0.3, 0.4) is 0 Å². The number of nitrogens with one attached hydrogen (secondary N) is 1. The molecule has 0 radical (unpaired) electrons. The molecule has 5 aromatic rings. The molecule has 0 aliphatic carbocycles. The molecule has 0 saturated heterocycles. The van der Waals surface area contributed by atoms with Gasteiger partial charge in [0.05, 0.1) is 35.0 Å². The van der Waals surface area contributed by atoms with Gasteiger partial charge in [0.1, 0.15) is 5.69 Å². The number of alkyl halides is 3. The van der Waals surface area contributed by atoms with Crippen LogP contribution in [0, 0.1) is 6.92 Å². The number of benzene rings is 2. The van der Waals surface area contributed by atoms with Crippen molar-refractivity contribution in [2.24, 2.45) is 0 Å². The van der Waals surface area contributed by atoms with E-state index < -0.39 is 23.0 Å². The summed E-state index contributed by atoms with van der Waals surface area (Å²) in [5, 5.41) is 7.36. The maximum absolute atomic E-state index is 14.1. The van der Waals surface area contributed by atoms with Crippen LogP contribution in [0.4, 0.5) is 18.9 Å². The van der Waals surface area contributed by atoms with Gasteiger partial charge in [0.25, 0.3) is 5.56 Å². The highest BCUT2D eigenvalue weighted by Crippen LogP contribution is 2.36. The lowest BCUT2D eigenvalue weighted by Gasteiger charge is -2.17. The van der Waals surface area contributed by atoms with E-state index in [0.717, 1.165) is 16.3 Å².